The highest BCUT2D eigenvalue weighted by atomic mass is 32.2. The van der Waals surface area contributed by atoms with E-state index in [0.29, 0.717) is 25.4 Å². The Morgan fingerprint density at radius 3 is 2.54 bits per heavy atom. The summed E-state index contributed by atoms with van der Waals surface area (Å²) in [7, 11) is 0. The second-order valence-corrected chi connectivity index (χ2v) is 9.76. The molecule has 4 aromatic rings. The molecular weight excluding hydrogens is 486 g/mol. The first-order valence-corrected chi connectivity index (χ1v) is 13.2. The van der Waals surface area contributed by atoms with Gasteiger partial charge < -0.3 is 18.8 Å². The number of imidazole rings is 1. The van der Waals surface area contributed by atoms with Gasteiger partial charge in [0.15, 0.2) is 0 Å². The summed E-state index contributed by atoms with van der Waals surface area (Å²) in [5.41, 5.74) is 3.99. The van der Waals surface area contributed by atoms with Crippen molar-refractivity contribution in [2.24, 2.45) is 0 Å². The Hall–Kier alpha value is -3.59. The maximum Gasteiger partial charge on any atom is 0.411 e. The van der Waals surface area contributed by atoms with Gasteiger partial charge in [-0.3, -0.25) is 5.32 Å². The lowest BCUT2D eigenvalue weighted by atomic mass is 10.00. The van der Waals surface area contributed by atoms with Crippen LogP contribution in [0, 0.1) is 0 Å². The summed E-state index contributed by atoms with van der Waals surface area (Å²) < 4.78 is 19.9. The fourth-order valence-electron chi connectivity index (χ4n) is 4.25. The molecule has 2 heterocycles. The normalized spacial score (nSPS) is 19.0. The van der Waals surface area contributed by atoms with Crippen molar-refractivity contribution in [3.63, 3.8) is 0 Å². The lowest BCUT2D eigenvalue weighted by Gasteiger charge is -2.29. The molecule has 0 unspecified atom stereocenters. The lowest BCUT2D eigenvalue weighted by molar-refractivity contribution is -0.184. The summed E-state index contributed by atoms with van der Waals surface area (Å²) >= 11 is 1.69. The standard InChI is InChI=1S/C29H29N3O4S/c1-2-34-28(33)31-25-12-14-27(15-13-25)37-19-26-18-35-29(36-26,20-32-17-16-30-21-32)24-10-8-23(9-11-24)22-6-4-3-5-7-22/h3-17,21,26H,2,18-20H2,1H3,(H,31,33)/t26-,29+/m1/s1. The zero-order valence-electron chi connectivity index (χ0n) is 20.6. The van der Waals surface area contributed by atoms with Crippen molar-refractivity contribution in [1.29, 1.82) is 0 Å². The van der Waals surface area contributed by atoms with Crippen molar-refractivity contribution < 1.29 is 19.0 Å². The number of carbonyl (C=O) groups is 1. The molecule has 1 aliphatic rings. The zero-order chi connectivity index (χ0) is 25.5. The van der Waals surface area contributed by atoms with E-state index in [2.05, 4.69) is 46.7 Å². The van der Waals surface area contributed by atoms with E-state index in [1.807, 2.05) is 53.2 Å². The van der Waals surface area contributed by atoms with Crippen molar-refractivity contribution in [3.05, 3.63) is 103 Å². The summed E-state index contributed by atoms with van der Waals surface area (Å²) in [5.74, 6) is -0.160. The molecule has 190 valence electrons. The van der Waals surface area contributed by atoms with Crippen LogP contribution in [0.25, 0.3) is 11.1 Å². The minimum absolute atomic E-state index is 0.0837. The van der Waals surface area contributed by atoms with Gasteiger partial charge >= 0.3 is 6.09 Å². The fourth-order valence-corrected chi connectivity index (χ4v) is 5.12. The van der Waals surface area contributed by atoms with Crippen LogP contribution >= 0.6 is 11.8 Å². The summed E-state index contributed by atoms with van der Waals surface area (Å²) in [5, 5.41) is 2.71. The summed E-state index contributed by atoms with van der Waals surface area (Å²) in [6, 6.07) is 26.4. The van der Waals surface area contributed by atoms with Gasteiger partial charge in [-0.05, 0) is 42.3 Å². The second-order valence-electron chi connectivity index (χ2n) is 8.66. The largest absolute Gasteiger partial charge is 0.450 e. The van der Waals surface area contributed by atoms with Crippen molar-refractivity contribution >= 4 is 23.5 Å². The van der Waals surface area contributed by atoms with Crippen molar-refractivity contribution in [1.82, 2.24) is 9.55 Å². The summed E-state index contributed by atoms with van der Waals surface area (Å²) in [4.78, 5) is 16.9. The number of amides is 1. The third-order valence-electron chi connectivity index (χ3n) is 6.05. The van der Waals surface area contributed by atoms with Crippen LogP contribution < -0.4 is 5.32 Å². The van der Waals surface area contributed by atoms with Crippen molar-refractivity contribution in [2.45, 2.75) is 30.3 Å². The molecule has 3 aromatic carbocycles. The summed E-state index contributed by atoms with van der Waals surface area (Å²) in [6.07, 6.45) is 4.92. The minimum Gasteiger partial charge on any atom is -0.450 e. The number of aromatic nitrogens is 2. The van der Waals surface area contributed by atoms with Crippen LogP contribution in [0.4, 0.5) is 10.5 Å². The van der Waals surface area contributed by atoms with Crippen molar-refractivity contribution in [2.75, 3.05) is 24.3 Å². The molecule has 1 fully saturated rings. The number of thioether (sulfide) groups is 1. The molecule has 7 nitrogen and oxygen atoms in total. The molecule has 37 heavy (non-hydrogen) atoms. The number of nitrogens with one attached hydrogen (secondary N) is 1. The van der Waals surface area contributed by atoms with Gasteiger partial charge in [0.2, 0.25) is 5.79 Å². The third kappa shape index (κ3) is 6.22. The maximum atomic E-state index is 11.6. The topological polar surface area (TPSA) is 74.6 Å². The highest BCUT2D eigenvalue weighted by Gasteiger charge is 2.43. The monoisotopic (exact) mass is 515 g/mol. The molecular formula is C29H29N3O4S. The first kappa shape index (κ1) is 25.1. The van der Waals surface area contributed by atoms with Crippen LogP contribution in [0.1, 0.15) is 12.5 Å². The summed E-state index contributed by atoms with van der Waals surface area (Å²) in [6.45, 7) is 3.11. The van der Waals surface area contributed by atoms with Gasteiger partial charge in [-0.25, -0.2) is 9.78 Å². The Balaban J connectivity index is 1.26. The number of hydrogen-bond donors (Lipinski definition) is 1. The minimum atomic E-state index is -0.894. The molecule has 2 atom stereocenters. The molecule has 0 radical (unpaired) electrons. The lowest BCUT2D eigenvalue weighted by Crippen LogP contribution is -2.33. The smallest absolute Gasteiger partial charge is 0.411 e. The number of anilines is 1. The van der Waals surface area contributed by atoms with Crippen LogP contribution in [0.5, 0.6) is 0 Å². The number of carbonyl (C=O) groups excluding carboxylic acids is 1. The first-order valence-electron chi connectivity index (χ1n) is 12.2. The van der Waals surface area contributed by atoms with E-state index in [1.54, 1.807) is 31.2 Å². The maximum absolute atomic E-state index is 11.6. The van der Waals surface area contributed by atoms with E-state index in [0.717, 1.165) is 21.8 Å². The van der Waals surface area contributed by atoms with Gasteiger partial charge in [-0.15, -0.1) is 11.8 Å². The average molecular weight is 516 g/mol. The molecule has 1 saturated heterocycles. The van der Waals surface area contributed by atoms with E-state index >= 15 is 0 Å². The van der Waals surface area contributed by atoms with Crippen LogP contribution in [-0.4, -0.2) is 40.7 Å². The van der Waals surface area contributed by atoms with Gasteiger partial charge in [0.25, 0.3) is 0 Å². The van der Waals surface area contributed by atoms with Crippen LogP contribution in [-0.2, 0) is 26.5 Å². The molecule has 1 aliphatic heterocycles. The van der Waals surface area contributed by atoms with Gasteiger partial charge in [0.05, 0.1) is 32.2 Å². The van der Waals surface area contributed by atoms with Gasteiger partial charge in [0, 0.05) is 34.3 Å². The van der Waals surface area contributed by atoms with Crippen molar-refractivity contribution in [3.8, 4) is 11.1 Å². The third-order valence-corrected chi connectivity index (χ3v) is 7.20. The number of nitrogens with zero attached hydrogens (tertiary/aromatic N) is 2. The van der Waals surface area contributed by atoms with E-state index in [4.69, 9.17) is 14.2 Å². The second kappa shape index (κ2) is 11.6. The SMILES string of the molecule is CCOC(=O)Nc1ccc(SC[C@H]2CO[C@](Cn3ccnc3)(c3ccc(-c4ccccc4)cc3)O2)cc1. The predicted octanol–water partition coefficient (Wildman–Crippen LogP) is 6.18. The van der Waals surface area contributed by atoms with Crippen LogP contribution in [0.3, 0.4) is 0 Å². The fraction of sp³-hybridized carbons (Fsp3) is 0.241. The van der Waals surface area contributed by atoms with E-state index in [1.165, 1.54) is 5.56 Å². The Labute approximate surface area is 220 Å². The zero-order valence-corrected chi connectivity index (χ0v) is 21.4. The Kier molecular flexibility index (Phi) is 7.89. The molecule has 0 saturated carbocycles. The van der Waals surface area contributed by atoms with E-state index in [9.17, 15) is 4.79 Å². The molecule has 1 aromatic heterocycles. The van der Waals surface area contributed by atoms with Crippen LogP contribution in [0.15, 0.2) is 102 Å². The number of hydrogen-bond acceptors (Lipinski definition) is 6. The average Bonchev–Trinajstić information content (AvgIpc) is 3.60. The Morgan fingerprint density at radius 2 is 1.84 bits per heavy atom. The number of ether oxygens (including phenoxy) is 3. The van der Waals surface area contributed by atoms with E-state index < -0.39 is 11.9 Å². The molecule has 0 aliphatic carbocycles. The Morgan fingerprint density at radius 1 is 1.08 bits per heavy atom. The Bertz CT molecular complexity index is 1280. The first-order chi connectivity index (χ1) is 18.1. The van der Waals surface area contributed by atoms with E-state index in [-0.39, 0.29) is 6.10 Å². The van der Waals surface area contributed by atoms with Crippen LogP contribution in [0.2, 0.25) is 0 Å². The molecule has 0 bridgehead atoms. The predicted molar refractivity (Wildman–Crippen MR) is 144 cm³/mol. The van der Waals surface area contributed by atoms with Gasteiger partial charge in [-0.1, -0.05) is 54.6 Å². The molecule has 0 spiro atoms. The number of rotatable bonds is 9. The highest BCUT2D eigenvalue weighted by molar-refractivity contribution is 7.99. The molecule has 1 N–H and O–H groups in total. The molecule has 8 heteroatoms. The number of benzene rings is 3. The highest BCUT2D eigenvalue weighted by Crippen LogP contribution is 2.38. The van der Waals surface area contributed by atoms with Gasteiger partial charge in [-0.2, -0.15) is 0 Å². The quantitative estimate of drug-likeness (QED) is 0.268. The molecule has 5 rings (SSSR count). The van der Waals surface area contributed by atoms with Gasteiger partial charge in [0.1, 0.15) is 0 Å². The molecule has 1 amide bonds.